The first-order valence-corrected chi connectivity index (χ1v) is 7.03. The molecule has 0 saturated carbocycles. The van der Waals surface area contributed by atoms with E-state index in [2.05, 4.69) is 34.8 Å². The second-order valence-electron chi connectivity index (χ2n) is 4.83. The Morgan fingerprint density at radius 3 is 2.84 bits per heavy atom. The molecule has 1 aromatic carbocycles. The van der Waals surface area contributed by atoms with Gasteiger partial charge in [0, 0.05) is 30.0 Å². The summed E-state index contributed by atoms with van der Waals surface area (Å²) in [5.74, 6) is 1.00. The number of nitrogens with one attached hydrogen (secondary N) is 1. The zero-order valence-electron chi connectivity index (χ0n) is 11.4. The van der Waals surface area contributed by atoms with E-state index in [1.807, 2.05) is 24.4 Å². The van der Waals surface area contributed by atoms with Gasteiger partial charge in [0.1, 0.15) is 5.82 Å². The van der Waals surface area contributed by atoms with Crippen molar-refractivity contribution in [2.75, 3.05) is 0 Å². The molecule has 0 aliphatic rings. The Hall–Kier alpha value is -1.32. The maximum atomic E-state index is 6.05. The molecule has 0 bridgehead atoms. The van der Waals surface area contributed by atoms with E-state index in [0.29, 0.717) is 6.04 Å². The Balaban J connectivity index is 2.09. The second-order valence-corrected chi connectivity index (χ2v) is 5.26. The number of imidazole rings is 1. The molecule has 0 saturated heterocycles. The molecule has 0 amide bonds. The molecule has 0 radical (unpaired) electrons. The lowest BCUT2D eigenvalue weighted by Crippen LogP contribution is -2.32. The number of aromatic nitrogens is 2. The summed E-state index contributed by atoms with van der Waals surface area (Å²) in [7, 11) is 0. The van der Waals surface area contributed by atoms with Crippen molar-refractivity contribution in [2.45, 2.75) is 39.4 Å². The van der Waals surface area contributed by atoms with Crippen LogP contribution < -0.4 is 0 Å². The van der Waals surface area contributed by atoms with Crippen molar-refractivity contribution in [1.29, 1.82) is 0 Å². The van der Waals surface area contributed by atoms with Crippen LogP contribution in [0, 0.1) is 0 Å². The van der Waals surface area contributed by atoms with Crippen LogP contribution in [0.25, 0.3) is 0 Å². The summed E-state index contributed by atoms with van der Waals surface area (Å²) in [4.78, 5) is 9.88. The van der Waals surface area contributed by atoms with Crippen molar-refractivity contribution in [3.63, 3.8) is 0 Å². The first kappa shape index (κ1) is 14.1. The molecule has 1 aromatic heterocycles. The average Bonchev–Trinajstić information content (AvgIpc) is 2.90. The van der Waals surface area contributed by atoms with E-state index in [1.54, 1.807) is 6.20 Å². The molecule has 1 heterocycles. The standard InChI is InChI=1S/C15H20ClN3/c1-3-12(2)19(11-15-17-7-8-18-15)10-13-5-4-6-14(16)9-13/h4-9,12H,3,10-11H2,1-2H3,(H,17,18)/t12-/m0/s1. The van der Waals surface area contributed by atoms with Gasteiger partial charge in [0.05, 0.1) is 6.54 Å². The zero-order valence-corrected chi connectivity index (χ0v) is 12.2. The van der Waals surface area contributed by atoms with E-state index in [9.17, 15) is 0 Å². The van der Waals surface area contributed by atoms with Crippen LogP contribution in [-0.2, 0) is 13.1 Å². The molecular weight excluding hydrogens is 258 g/mol. The first-order valence-electron chi connectivity index (χ1n) is 6.65. The molecule has 19 heavy (non-hydrogen) atoms. The Labute approximate surface area is 119 Å². The minimum absolute atomic E-state index is 0.504. The number of halogens is 1. The van der Waals surface area contributed by atoms with Gasteiger partial charge in [-0.1, -0.05) is 30.7 Å². The highest BCUT2D eigenvalue weighted by Crippen LogP contribution is 2.16. The van der Waals surface area contributed by atoms with Gasteiger partial charge in [-0.05, 0) is 31.0 Å². The Morgan fingerprint density at radius 2 is 2.21 bits per heavy atom. The Kier molecular flexibility index (Phi) is 5.00. The number of H-pyrrole nitrogens is 1. The van der Waals surface area contributed by atoms with Crippen LogP contribution in [0.1, 0.15) is 31.7 Å². The zero-order chi connectivity index (χ0) is 13.7. The van der Waals surface area contributed by atoms with E-state index in [1.165, 1.54) is 5.56 Å². The van der Waals surface area contributed by atoms with Gasteiger partial charge in [0.2, 0.25) is 0 Å². The molecule has 4 heteroatoms. The summed E-state index contributed by atoms with van der Waals surface area (Å²) < 4.78 is 0. The van der Waals surface area contributed by atoms with Gasteiger partial charge in [-0.15, -0.1) is 0 Å². The van der Waals surface area contributed by atoms with Crippen molar-refractivity contribution in [3.8, 4) is 0 Å². The minimum atomic E-state index is 0.504. The Bertz CT molecular complexity index is 496. The van der Waals surface area contributed by atoms with Gasteiger partial charge in [0.15, 0.2) is 0 Å². The minimum Gasteiger partial charge on any atom is -0.348 e. The van der Waals surface area contributed by atoms with E-state index >= 15 is 0 Å². The normalized spacial score (nSPS) is 12.8. The SMILES string of the molecule is CC[C@H](C)N(Cc1cccc(Cl)c1)Cc1ncc[nH]1. The summed E-state index contributed by atoms with van der Waals surface area (Å²) in [5.41, 5.74) is 1.24. The molecule has 1 N–H and O–H groups in total. The van der Waals surface area contributed by atoms with Crippen molar-refractivity contribution < 1.29 is 0 Å². The number of hydrogen-bond acceptors (Lipinski definition) is 2. The molecule has 1 atom stereocenters. The van der Waals surface area contributed by atoms with Gasteiger partial charge >= 0.3 is 0 Å². The second kappa shape index (κ2) is 6.73. The van der Waals surface area contributed by atoms with Gasteiger partial charge in [-0.25, -0.2) is 4.98 Å². The highest BCUT2D eigenvalue weighted by molar-refractivity contribution is 6.30. The van der Waals surface area contributed by atoms with E-state index in [-0.39, 0.29) is 0 Å². The largest absolute Gasteiger partial charge is 0.348 e. The van der Waals surface area contributed by atoms with Crippen LogP contribution in [0.3, 0.4) is 0 Å². The predicted octanol–water partition coefficient (Wildman–Crippen LogP) is 3.86. The van der Waals surface area contributed by atoms with Crippen LogP contribution in [-0.4, -0.2) is 20.9 Å². The summed E-state index contributed by atoms with van der Waals surface area (Å²) >= 11 is 6.05. The lowest BCUT2D eigenvalue weighted by Gasteiger charge is -2.27. The number of rotatable bonds is 6. The number of nitrogens with zero attached hydrogens (tertiary/aromatic N) is 2. The van der Waals surface area contributed by atoms with E-state index < -0.39 is 0 Å². The van der Waals surface area contributed by atoms with E-state index in [0.717, 1.165) is 30.4 Å². The van der Waals surface area contributed by atoms with Crippen molar-refractivity contribution >= 4 is 11.6 Å². The van der Waals surface area contributed by atoms with Gasteiger partial charge in [-0.2, -0.15) is 0 Å². The number of hydrogen-bond donors (Lipinski definition) is 1. The fraction of sp³-hybridized carbons (Fsp3) is 0.400. The van der Waals surface area contributed by atoms with Crippen LogP contribution >= 0.6 is 11.6 Å². The highest BCUT2D eigenvalue weighted by Gasteiger charge is 2.14. The fourth-order valence-electron chi connectivity index (χ4n) is 2.07. The number of aromatic amines is 1. The molecule has 0 aliphatic carbocycles. The molecule has 0 aliphatic heterocycles. The van der Waals surface area contributed by atoms with Gasteiger partial charge in [-0.3, -0.25) is 4.90 Å². The van der Waals surface area contributed by atoms with Crippen molar-refractivity contribution in [1.82, 2.24) is 14.9 Å². The number of benzene rings is 1. The summed E-state index contributed by atoms with van der Waals surface area (Å²) in [6, 6.07) is 8.55. The monoisotopic (exact) mass is 277 g/mol. The fourth-order valence-corrected chi connectivity index (χ4v) is 2.29. The summed E-state index contributed by atoms with van der Waals surface area (Å²) in [6.07, 6.45) is 4.77. The van der Waals surface area contributed by atoms with Crippen LogP contribution in [0.15, 0.2) is 36.7 Å². The predicted molar refractivity (Wildman–Crippen MR) is 79.0 cm³/mol. The molecule has 2 aromatic rings. The van der Waals surface area contributed by atoms with Crippen LogP contribution in [0.5, 0.6) is 0 Å². The highest BCUT2D eigenvalue weighted by atomic mass is 35.5. The summed E-state index contributed by atoms with van der Waals surface area (Å²) in [5, 5.41) is 0.791. The molecule has 2 rings (SSSR count). The lowest BCUT2D eigenvalue weighted by atomic mass is 10.1. The maximum Gasteiger partial charge on any atom is 0.120 e. The van der Waals surface area contributed by atoms with Crippen molar-refractivity contribution in [2.24, 2.45) is 0 Å². The van der Waals surface area contributed by atoms with E-state index in [4.69, 9.17) is 11.6 Å². The summed E-state index contributed by atoms with van der Waals surface area (Å²) in [6.45, 7) is 6.16. The molecule has 3 nitrogen and oxygen atoms in total. The average molecular weight is 278 g/mol. The quantitative estimate of drug-likeness (QED) is 0.869. The molecule has 0 unspecified atom stereocenters. The third-order valence-corrected chi connectivity index (χ3v) is 3.63. The maximum absolute atomic E-state index is 6.05. The topological polar surface area (TPSA) is 31.9 Å². The van der Waals surface area contributed by atoms with Gasteiger partial charge < -0.3 is 4.98 Å². The van der Waals surface area contributed by atoms with Crippen LogP contribution in [0.2, 0.25) is 5.02 Å². The smallest absolute Gasteiger partial charge is 0.120 e. The Morgan fingerprint density at radius 1 is 1.37 bits per heavy atom. The third kappa shape index (κ3) is 4.08. The third-order valence-electron chi connectivity index (χ3n) is 3.40. The molecular formula is C15H20ClN3. The molecule has 0 spiro atoms. The molecule has 102 valence electrons. The van der Waals surface area contributed by atoms with Crippen molar-refractivity contribution in [3.05, 3.63) is 53.1 Å². The first-order chi connectivity index (χ1) is 9.19. The molecule has 0 fully saturated rings. The van der Waals surface area contributed by atoms with Crippen LogP contribution in [0.4, 0.5) is 0 Å². The lowest BCUT2D eigenvalue weighted by molar-refractivity contribution is 0.182. The van der Waals surface area contributed by atoms with Gasteiger partial charge in [0.25, 0.3) is 0 Å².